The fourth-order valence-electron chi connectivity index (χ4n) is 2.84. The molecule has 0 saturated carbocycles. The van der Waals surface area contributed by atoms with Crippen molar-refractivity contribution in [2.45, 2.75) is 13.0 Å². The topological polar surface area (TPSA) is 88.4 Å². The number of fused-ring (bicyclic) bond motifs is 1. The molecule has 1 amide bonds. The van der Waals surface area contributed by atoms with Gasteiger partial charge in [-0.05, 0) is 24.6 Å². The summed E-state index contributed by atoms with van der Waals surface area (Å²) in [6, 6.07) is 2.29. The molecule has 0 spiro atoms. The normalized spacial score (nSPS) is 19.7. The summed E-state index contributed by atoms with van der Waals surface area (Å²) in [5, 5.41) is 10.5. The van der Waals surface area contributed by atoms with Gasteiger partial charge in [-0.25, -0.2) is 9.79 Å². The second-order valence-electron chi connectivity index (χ2n) is 5.39. The first-order valence-corrected chi connectivity index (χ1v) is 8.64. The van der Waals surface area contributed by atoms with Crippen molar-refractivity contribution in [1.82, 2.24) is 4.90 Å². The van der Waals surface area contributed by atoms with Crippen molar-refractivity contribution in [2.24, 2.45) is 4.99 Å². The number of amidine groups is 1. The number of aliphatic imine (C=N–C) groups is 1. The van der Waals surface area contributed by atoms with E-state index in [1.807, 2.05) is 0 Å². The Labute approximate surface area is 153 Å². The smallest absolute Gasteiger partial charge is 0.338 e. The third-order valence-electron chi connectivity index (χ3n) is 3.98. The first-order valence-electron chi connectivity index (χ1n) is 7.28. The predicted octanol–water partition coefficient (Wildman–Crippen LogP) is 2.49. The van der Waals surface area contributed by atoms with Crippen molar-refractivity contribution in [1.29, 1.82) is 0 Å². The number of thioether (sulfide) groups is 1. The van der Waals surface area contributed by atoms with Gasteiger partial charge in [-0.3, -0.25) is 9.69 Å². The van der Waals surface area contributed by atoms with Gasteiger partial charge in [-0.2, -0.15) is 0 Å². The van der Waals surface area contributed by atoms with Crippen molar-refractivity contribution in [3.63, 3.8) is 0 Å². The SMILES string of the molecule is COC(=O)C1=C(C)N=C2SCC(=O)N2C1c1cc(Cl)c(O)c(OC)c1. The van der Waals surface area contributed by atoms with Crippen molar-refractivity contribution in [3.05, 3.63) is 34.0 Å². The molecule has 1 aromatic carbocycles. The maximum atomic E-state index is 12.4. The van der Waals surface area contributed by atoms with Crippen LogP contribution in [-0.4, -0.2) is 47.0 Å². The number of esters is 1. The number of allylic oxidation sites excluding steroid dienone is 1. The number of carbonyl (C=O) groups is 2. The van der Waals surface area contributed by atoms with Gasteiger partial charge in [0.15, 0.2) is 16.7 Å². The number of halogens is 1. The van der Waals surface area contributed by atoms with Gasteiger partial charge >= 0.3 is 5.97 Å². The van der Waals surface area contributed by atoms with E-state index in [1.54, 1.807) is 13.0 Å². The number of hydrogen-bond acceptors (Lipinski definition) is 7. The minimum atomic E-state index is -0.755. The first kappa shape index (κ1) is 17.6. The lowest BCUT2D eigenvalue weighted by Gasteiger charge is -2.33. The Balaban J connectivity index is 2.23. The highest BCUT2D eigenvalue weighted by Crippen LogP contribution is 2.44. The number of benzene rings is 1. The summed E-state index contributed by atoms with van der Waals surface area (Å²) in [4.78, 5) is 30.6. The second kappa shape index (κ2) is 6.61. The Morgan fingerprint density at radius 2 is 2.16 bits per heavy atom. The summed E-state index contributed by atoms with van der Waals surface area (Å²) in [7, 11) is 2.66. The lowest BCUT2D eigenvalue weighted by atomic mass is 9.94. The van der Waals surface area contributed by atoms with Crippen LogP contribution in [0.4, 0.5) is 0 Å². The van der Waals surface area contributed by atoms with E-state index in [4.69, 9.17) is 21.1 Å². The third kappa shape index (κ3) is 2.85. The Morgan fingerprint density at radius 1 is 1.44 bits per heavy atom. The molecule has 0 aliphatic carbocycles. The quantitative estimate of drug-likeness (QED) is 0.808. The molecular formula is C16H15ClN2O5S. The molecule has 2 aliphatic rings. The molecule has 1 N–H and O–H groups in total. The maximum Gasteiger partial charge on any atom is 0.338 e. The number of ether oxygens (including phenoxy) is 2. The average Bonchev–Trinajstić information content (AvgIpc) is 2.95. The van der Waals surface area contributed by atoms with Gasteiger partial charge in [0, 0.05) is 0 Å². The van der Waals surface area contributed by atoms with Gasteiger partial charge in [0.05, 0.1) is 42.3 Å². The molecular weight excluding hydrogens is 368 g/mol. The van der Waals surface area contributed by atoms with Gasteiger partial charge in [0.1, 0.15) is 0 Å². The molecule has 25 heavy (non-hydrogen) atoms. The van der Waals surface area contributed by atoms with E-state index in [0.717, 1.165) is 0 Å². The minimum Gasteiger partial charge on any atom is -0.503 e. The van der Waals surface area contributed by atoms with E-state index < -0.39 is 12.0 Å². The summed E-state index contributed by atoms with van der Waals surface area (Å²) in [5.74, 6) is -0.586. The molecule has 1 atom stereocenters. The number of rotatable bonds is 3. The summed E-state index contributed by atoms with van der Waals surface area (Å²) in [6.07, 6.45) is 0. The van der Waals surface area contributed by atoms with Crippen molar-refractivity contribution in [3.8, 4) is 11.5 Å². The van der Waals surface area contributed by atoms with Crippen molar-refractivity contribution >= 4 is 40.4 Å². The van der Waals surface area contributed by atoms with Crippen molar-refractivity contribution in [2.75, 3.05) is 20.0 Å². The molecule has 2 heterocycles. The van der Waals surface area contributed by atoms with Crippen LogP contribution in [0.5, 0.6) is 11.5 Å². The largest absolute Gasteiger partial charge is 0.503 e. The minimum absolute atomic E-state index is 0.0552. The second-order valence-corrected chi connectivity index (χ2v) is 6.74. The number of phenols is 1. The molecule has 1 aromatic rings. The average molecular weight is 383 g/mol. The van der Waals surface area contributed by atoms with Crippen LogP contribution in [0.1, 0.15) is 18.5 Å². The standard InChI is InChI=1S/C16H15ClN2O5S/c1-7-12(15(22)24-3)13(19-11(20)6-25-16(19)18-7)8-4-9(17)14(21)10(5-8)23-2/h4-5,13,21H,6H2,1-3H3. The number of methoxy groups -OCH3 is 2. The molecule has 9 heteroatoms. The highest BCUT2D eigenvalue weighted by atomic mass is 35.5. The van der Waals surface area contributed by atoms with Crippen LogP contribution in [0.3, 0.4) is 0 Å². The Morgan fingerprint density at radius 3 is 2.80 bits per heavy atom. The zero-order valence-electron chi connectivity index (χ0n) is 13.7. The van der Waals surface area contributed by atoms with Gasteiger partial charge in [-0.15, -0.1) is 0 Å². The molecule has 1 fully saturated rings. The van der Waals surface area contributed by atoms with Crippen LogP contribution in [0.15, 0.2) is 28.4 Å². The zero-order valence-corrected chi connectivity index (χ0v) is 15.3. The molecule has 0 bridgehead atoms. The Hall–Kier alpha value is -2.19. The summed E-state index contributed by atoms with van der Waals surface area (Å²) in [5.41, 5.74) is 1.22. The number of hydrogen-bond donors (Lipinski definition) is 1. The maximum absolute atomic E-state index is 12.4. The predicted molar refractivity (Wildman–Crippen MR) is 93.9 cm³/mol. The highest BCUT2D eigenvalue weighted by Gasteiger charge is 2.43. The summed E-state index contributed by atoms with van der Waals surface area (Å²) >= 11 is 7.39. The zero-order chi connectivity index (χ0) is 18.3. The van der Waals surface area contributed by atoms with Crippen LogP contribution < -0.4 is 4.74 Å². The fourth-order valence-corrected chi connectivity index (χ4v) is 3.99. The molecule has 1 unspecified atom stereocenters. The molecule has 0 aromatic heterocycles. The van der Waals surface area contributed by atoms with E-state index in [0.29, 0.717) is 16.4 Å². The lowest BCUT2D eigenvalue weighted by molar-refractivity contribution is -0.137. The first-order chi connectivity index (χ1) is 11.9. The van der Waals surface area contributed by atoms with E-state index in [-0.39, 0.29) is 33.8 Å². The number of nitrogens with zero attached hydrogens (tertiary/aromatic N) is 2. The number of carbonyl (C=O) groups excluding carboxylic acids is 2. The summed E-state index contributed by atoms with van der Waals surface area (Å²) < 4.78 is 10.0. The highest BCUT2D eigenvalue weighted by molar-refractivity contribution is 8.15. The molecule has 2 aliphatic heterocycles. The number of phenolic OH excluding ortho intramolecular Hbond substituents is 1. The third-order valence-corrected chi connectivity index (χ3v) is 5.20. The van der Waals surface area contributed by atoms with E-state index in [1.165, 1.54) is 36.9 Å². The monoisotopic (exact) mass is 382 g/mol. The van der Waals surface area contributed by atoms with Gasteiger partial charge in [-0.1, -0.05) is 23.4 Å². The van der Waals surface area contributed by atoms with Crippen molar-refractivity contribution < 1.29 is 24.2 Å². The van der Waals surface area contributed by atoms with E-state index in [9.17, 15) is 14.7 Å². The van der Waals surface area contributed by atoms with E-state index >= 15 is 0 Å². The Kier molecular flexibility index (Phi) is 4.66. The van der Waals surface area contributed by atoms with Crippen LogP contribution >= 0.6 is 23.4 Å². The molecule has 7 nitrogen and oxygen atoms in total. The van der Waals surface area contributed by atoms with Crippen LogP contribution in [0.2, 0.25) is 5.02 Å². The number of aromatic hydroxyl groups is 1. The van der Waals surface area contributed by atoms with Gasteiger partial charge in [0.25, 0.3) is 0 Å². The molecule has 132 valence electrons. The van der Waals surface area contributed by atoms with Gasteiger partial charge in [0.2, 0.25) is 5.91 Å². The Bertz CT molecular complexity index is 836. The lowest BCUT2D eigenvalue weighted by Crippen LogP contribution is -2.39. The fraction of sp³-hybridized carbons (Fsp3) is 0.312. The number of amides is 1. The van der Waals surface area contributed by atoms with Gasteiger partial charge < -0.3 is 14.6 Å². The molecule has 3 rings (SSSR count). The molecule has 0 radical (unpaired) electrons. The van der Waals surface area contributed by atoms with E-state index in [2.05, 4.69) is 4.99 Å². The van der Waals surface area contributed by atoms with Crippen LogP contribution in [0, 0.1) is 0 Å². The molecule has 1 saturated heterocycles. The van der Waals surface area contributed by atoms with Crippen LogP contribution in [-0.2, 0) is 14.3 Å². The summed E-state index contributed by atoms with van der Waals surface area (Å²) in [6.45, 7) is 1.69. The van der Waals surface area contributed by atoms with Crippen LogP contribution in [0.25, 0.3) is 0 Å².